The summed E-state index contributed by atoms with van der Waals surface area (Å²) >= 11 is 0. The van der Waals surface area contributed by atoms with Crippen LogP contribution in [0, 0.1) is 0 Å². The highest BCUT2D eigenvalue weighted by Gasteiger charge is 2.15. The second-order valence-electron chi connectivity index (χ2n) is 5.10. The number of carbonyl (C=O) groups excluding carboxylic acids is 1. The second-order valence-corrected chi connectivity index (χ2v) is 5.10. The van der Waals surface area contributed by atoms with Crippen molar-refractivity contribution in [2.75, 3.05) is 6.61 Å². The molecule has 2 rings (SSSR count). The third-order valence-electron chi connectivity index (χ3n) is 3.21. The van der Waals surface area contributed by atoms with Crippen molar-refractivity contribution in [3.05, 3.63) is 30.2 Å². The van der Waals surface area contributed by atoms with Crippen molar-refractivity contribution >= 4 is 11.9 Å². The molecule has 2 aromatic rings. The molecule has 1 aromatic heterocycles. The molecule has 2 N–H and O–H groups in total. The molecule has 1 atom stereocenters. The Kier molecular flexibility index (Phi) is 5.89. The molecule has 0 aliphatic heterocycles. The first kappa shape index (κ1) is 17.5. The van der Waals surface area contributed by atoms with Crippen LogP contribution in [0.1, 0.15) is 26.2 Å². The minimum atomic E-state index is -1.08. The molecule has 1 amide bonds. The van der Waals surface area contributed by atoms with Gasteiger partial charge in [0.1, 0.15) is 11.8 Å². The fourth-order valence-corrected chi connectivity index (χ4v) is 1.94. The van der Waals surface area contributed by atoms with Gasteiger partial charge in [-0.05, 0) is 38.1 Å². The zero-order chi connectivity index (χ0) is 17.5. The normalized spacial score (nSPS) is 11.8. The molecule has 0 radical (unpaired) electrons. The second kappa shape index (κ2) is 8.09. The molecule has 0 saturated heterocycles. The molecule has 8 nitrogen and oxygen atoms in total. The summed E-state index contributed by atoms with van der Waals surface area (Å²) in [5, 5.41) is 15.0. The fraction of sp³-hybridized carbons (Fsp3) is 0.375. The third-order valence-corrected chi connectivity index (χ3v) is 3.21. The summed E-state index contributed by atoms with van der Waals surface area (Å²) in [5.74, 6) is 0.0307. The smallest absolute Gasteiger partial charge is 0.325 e. The van der Waals surface area contributed by atoms with Crippen LogP contribution in [-0.2, 0) is 16.0 Å². The summed E-state index contributed by atoms with van der Waals surface area (Å²) in [4.78, 5) is 26.5. The lowest BCUT2D eigenvalue weighted by Crippen LogP contribution is -2.38. The van der Waals surface area contributed by atoms with Crippen LogP contribution < -0.4 is 10.1 Å². The van der Waals surface area contributed by atoms with Gasteiger partial charge in [-0.3, -0.25) is 9.59 Å². The largest absolute Gasteiger partial charge is 0.494 e. The van der Waals surface area contributed by atoms with E-state index < -0.39 is 12.0 Å². The fourth-order valence-electron chi connectivity index (χ4n) is 1.94. The molecule has 0 saturated carbocycles. The highest BCUT2D eigenvalue weighted by Crippen LogP contribution is 2.20. The minimum Gasteiger partial charge on any atom is -0.494 e. The molecule has 24 heavy (non-hydrogen) atoms. The summed E-state index contributed by atoms with van der Waals surface area (Å²) in [6, 6.07) is 6.34. The number of hydrogen-bond acceptors (Lipinski definition) is 6. The Bertz CT molecular complexity index is 696. The van der Waals surface area contributed by atoms with Crippen LogP contribution in [0.2, 0.25) is 0 Å². The van der Waals surface area contributed by atoms with E-state index >= 15 is 0 Å². The quantitative estimate of drug-likeness (QED) is 0.755. The number of aromatic nitrogens is 2. The van der Waals surface area contributed by atoms with Crippen molar-refractivity contribution in [1.82, 2.24) is 15.5 Å². The monoisotopic (exact) mass is 333 g/mol. The standard InChI is InChI=1S/C16H19N3O5/c1-3-23-12-6-4-11(5-7-12)15-18-14(24-19-15)9-8-13(20)17-10(2)16(21)22/h4-7,10H,3,8-9H2,1-2H3,(H,17,20)(H,21,22)/t10-/m1/s1. The molecule has 1 heterocycles. The number of amides is 1. The Morgan fingerprint density at radius 2 is 2.04 bits per heavy atom. The SMILES string of the molecule is CCOc1ccc(-c2noc(CCC(=O)N[C@H](C)C(=O)O)n2)cc1. The maximum absolute atomic E-state index is 11.6. The summed E-state index contributed by atoms with van der Waals surface area (Å²) in [5.41, 5.74) is 0.775. The number of aliphatic carboxylic acids is 1. The van der Waals surface area contributed by atoms with Crippen molar-refractivity contribution in [1.29, 1.82) is 0 Å². The number of ether oxygens (including phenoxy) is 1. The number of carboxylic acid groups (broad SMARTS) is 1. The van der Waals surface area contributed by atoms with E-state index in [9.17, 15) is 9.59 Å². The van der Waals surface area contributed by atoms with Gasteiger partial charge in [0.05, 0.1) is 6.61 Å². The molecular formula is C16H19N3O5. The number of aryl methyl sites for hydroxylation is 1. The molecule has 128 valence electrons. The Hall–Kier alpha value is -2.90. The van der Waals surface area contributed by atoms with E-state index in [0.29, 0.717) is 18.3 Å². The first-order valence-electron chi connectivity index (χ1n) is 7.57. The minimum absolute atomic E-state index is 0.0720. The van der Waals surface area contributed by atoms with Crippen LogP contribution in [0.4, 0.5) is 0 Å². The number of nitrogens with one attached hydrogen (secondary N) is 1. The van der Waals surface area contributed by atoms with Crippen molar-refractivity contribution in [3.8, 4) is 17.1 Å². The van der Waals surface area contributed by atoms with Gasteiger partial charge < -0.3 is 19.7 Å². The van der Waals surface area contributed by atoms with Gasteiger partial charge in [0.25, 0.3) is 0 Å². The lowest BCUT2D eigenvalue weighted by Gasteiger charge is -2.07. The average Bonchev–Trinajstić information content (AvgIpc) is 3.03. The number of carboxylic acids is 1. The van der Waals surface area contributed by atoms with Crippen molar-refractivity contribution in [3.63, 3.8) is 0 Å². The van der Waals surface area contributed by atoms with Crippen LogP contribution >= 0.6 is 0 Å². The van der Waals surface area contributed by atoms with E-state index in [-0.39, 0.29) is 18.7 Å². The van der Waals surface area contributed by atoms with Crippen LogP contribution in [0.25, 0.3) is 11.4 Å². The van der Waals surface area contributed by atoms with Crippen molar-refractivity contribution < 1.29 is 24.0 Å². The van der Waals surface area contributed by atoms with Gasteiger partial charge in [-0.15, -0.1) is 0 Å². The third kappa shape index (κ3) is 4.80. The van der Waals surface area contributed by atoms with E-state index in [2.05, 4.69) is 15.5 Å². The summed E-state index contributed by atoms with van der Waals surface area (Å²) in [6.45, 7) is 3.90. The van der Waals surface area contributed by atoms with Gasteiger partial charge in [0.2, 0.25) is 17.6 Å². The van der Waals surface area contributed by atoms with Crippen molar-refractivity contribution in [2.24, 2.45) is 0 Å². The van der Waals surface area contributed by atoms with E-state index in [1.165, 1.54) is 6.92 Å². The first-order chi connectivity index (χ1) is 11.5. The van der Waals surface area contributed by atoms with Gasteiger partial charge in [0.15, 0.2) is 0 Å². The molecule has 0 fully saturated rings. The number of nitrogens with zero attached hydrogens (tertiary/aromatic N) is 2. The van der Waals surface area contributed by atoms with E-state index in [1.54, 1.807) is 0 Å². The molecule has 0 unspecified atom stereocenters. The lowest BCUT2D eigenvalue weighted by atomic mass is 10.2. The predicted molar refractivity (Wildman–Crippen MR) is 84.5 cm³/mol. The van der Waals surface area contributed by atoms with Gasteiger partial charge in [-0.25, -0.2) is 0 Å². The van der Waals surface area contributed by atoms with Crippen molar-refractivity contribution in [2.45, 2.75) is 32.7 Å². The Balaban J connectivity index is 1.91. The molecule has 1 aromatic carbocycles. The Morgan fingerprint density at radius 3 is 2.67 bits per heavy atom. The first-order valence-corrected chi connectivity index (χ1v) is 7.57. The van der Waals surface area contributed by atoms with Crippen LogP contribution in [0.3, 0.4) is 0 Å². The summed E-state index contributed by atoms with van der Waals surface area (Å²) in [7, 11) is 0. The van der Waals surface area contributed by atoms with Crippen LogP contribution in [0.5, 0.6) is 5.75 Å². The lowest BCUT2D eigenvalue weighted by molar-refractivity contribution is -0.141. The Labute approximate surface area is 138 Å². The highest BCUT2D eigenvalue weighted by molar-refractivity contribution is 5.83. The van der Waals surface area contributed by atoms with Crippen LogP contribution in [-0.4, -0.2) is 39.8 Å². The zero-order valence-electron chi connectivity index (χ0n) is 13.5. The molecule has 0 aliphatic carbocycles. The highest BCUT2D eigenvalue weighted by atomic mass is 16.5. The van der Waals surface area contributed by atoms with E-state index in [1.807, 2.05) is 31.2 Å². The van der Waals surface area contributed by atoms with E-state index in [0.717, 1.165) is 11.3 Å². The topological polar surface area (TPSA) is 115 Å². The molecule has 8 heteroatoms. The predicted octanol–water partition coefficient (Wildman–Crippen LogP) is 1.66. The van der Waals surface area contributed by atoms with Gasteiger partial charge >= 0.3 is 5.97 Å². The molecule has 0 spiro atoms. The Morgan fingerprint density at radius 1 is 1.33 bits per heavy atom. The van der Waals surface area contributed by atoms with Gasteiger partial charge in [-0.2, -0.15) is 4.98 Å². The van der Waals surface area contributed by atoms with Gasteiger partial charge in [0, 0.05) is 18.4 Å². The maximum atomic E-state index is 11.6. The van der Waals surface area contributed by atoms with E-state index in [4.69, 9.17) is 14.4 Å². The average molecular weight is 333 g/mol. The molecule has 0 bridgehead atoms. The number of benzene rings is 1. The summed E-state index contributed by atoms with van der Waals surface area (Å²) < 4.78 is 10.5. The number of carbonyl (C=O) groups is 2. The van der Waals surface area contributed by atoms with Crippen LogP contribution in [0.15, 0.2) is 28.8 Å². The number of rotatable bonds is 8. The molecular weight excluding hydrogens is 314 g/mol. The number of hydrogen-bond donors (Lipinski definition) is 2. The van der Waals surface area contributed by atoms with Gasteiger partial charge in [-0.1, -0.05) is 5.16 Å². The summed E-state index contributed by atoms with van der Waals surface area (Å²) in [6.07, 6.45) is 0.310. The molecule has 0 aliphatic rings. The maximum Gasteiger partial charge on any atom is 0.325 e. The zero-order valence-corrected chi connectivity index (χ0v) is 13.5.